The van der Waals surface area contributed by atoms with Crippen LogP contribution in [0.2, 0.25) is 0 Å². The maximum Gasteiger partial charge on any atom is 0.130 e. The van der Waals surface area contributed by atoms with Crippen molar-refractivity contribution in [3.63, 3.8) is 0 Å². The first-order valence-electron chi connectivity index (χ1n) is 8.06. The van der Waals surface area contributed by atoms with Gasteiger partial charge in [0.05, 0.1) is 5.69 Å². The van der Waals surface area contributed by atoms with Gasteiger partial charge in [0.15, 0.2) is 0 Å². The minimum atomic E-state index is 0.771. The van der Waals surface area contributed by atoms with Gasteiger partial charge >= 0.3 is 0 Å². The number of anilines is 1. The van der Waals surface area contributed by atoms with Crippen molar-refractivity contribution in [3.05, 3.63) is 44.4 Å². The molecule has 2 heterocycles. The first kappa shape index (κ1) is 19.1. The predicted octanol–water partition coefficient (Wildman–Crippen LogP) is 3.91. The molecule has 0 saturated carbocycles. The van der Waals surface area contributed by atoms with Crippen molar-refractivity contribution >= 4 is 35.4 Å². The van der Waals surface area contributed by atoms with Gasteiger partial charge in [0, 0.05) is 17.1 Å². The number of rotatable bonds is 4. The average molecular weight is 330 g/mol. The molecule has 4 heteroatoms. The lowest BCUT2D eigenvalue weighted by Crippen LogP contribution is -2.19. The van der Waals surface area contributed by atoms with E-state index in [9.17, 15) is 0 Å². The van der Waals surface area contributed by atoms with Crippen molar-refractivity contribution in [2.75, 3.05) is 11.9 Å². The molecule has 3 nitrogen and oxygen atoms in total. The highest BCUT2D eigenvalue weighted by Crippen LogP contribution is 2.17. The molecular formula is C19H27N3S. The Bertz CT molecular complexity index is 772. The zero-order valence-corrected chi connectivity index (χ0v) is 15.8. The van der Waals surface area contributed by atoms with Gasteiger partial charge in [-0.15, -0.1) is 11.3 Å². The number of nitrogens with one attached hydrogen (secondary N) is 1. The van der Waals surface area contributed by atoms with Crippen molar-refractivity contribution in [2.24, 2.45) is 0 Å². The molecule has 23 heavy (non-hydrogen) atoms. The Morgan fingerprint density at radius 2 is 2.00 bits per heavy atom. The number of hydrogen-bond acceptors (Lipinski definition) is 4. The molecule has 0 radical (unpaired) electrons. The third kappa shape index (κ3) is 5.03. The summed E-state index contributed by atoms with van der Waals surface area (Å²) in [5, 5.41) is 6.57. The van der Waals surface area contributed by atoms with Crippen molar-refractivity contribution in [2.45, 2.75) is 41.5 Å². The third-order valence-corrected chi connectivity index (χ3v) is 4.18. The fourth-order valence-corrected chi connectivity index (χ4v) is 2.94. The van der Waals surface area contributed by atoms with Gasteiger partial charge in [0.2, 0.25) is 0 Å². The summed E-state index contributed by atoms with van der Waals surface area (Å²) in [5.41, 5.74) is 3.28. The normalized spacial score (nSPS) is 11.9. The Morgan fingerprint density at radius 1 is 1.30 bits per heavy atom. The van der Waals surface area contributed by atoms with Crippen LogP contribution in [0.5, 0.6) is 0 Å². The Hall–Kier alpha value is -1.94. The standard InChI is InChI=1S/C17H21N3S.C2H6/c1-6-14(8-15-11(3)10-21-12(15)4)16-9-17(18-7-2)20-13(5)19-16;1-2/h6,8-10H,4,7H2,1-3,5H3,(H,18,19,20);1-2H3/b14-6+,15-8-;. The lowest BCUT2D eigenvalue weighted by Gasteiger charge is -2.07. The summed E-state index contributed by atoms with van der Waals surface area (Å²) >= 11 is 1.68. The van der Waals surface area contributed by atoms with Crippen LogP contribution in [-0.4, -0.2) is 16.5 Å². The zero-order chi connectivity index (χ0) is 17.4. The highest BCUT2D eigenvalue weighted by atomic mass is 32.1. The van der Waals surface area contributed by atoms with Crippen molar-refractivity contribution in [1.29, 1.82) is 0 Å². The Labute approximate surface area is 143 Å². The molecule has 2 rings (SSSR count). The molecule has 0 unspecified atom stereocenters. The van der Waals surface area contributed by atoms with Crippen molar-refractivity contribution < 1.29 is 0 Å². The predicted molar refractivity (Wildman–Crippen MR) is 104 cm³/mol. The lowest BCUT2D eigenvalue weighted by molar-refractivity contribution is 1.02. The second kappa shape index (κ2) is 9.26. The topological polar surface area (TPSA) is 37.8 Å². The SMILES string of the molecule is C=c1scc(C)/c1=C/C(=C\C)c1cc(NCC)nc(C)n1.CC. The van der Waals surface area contributed by atoms with Crippen LogP contribution in [0.15, 0.2) is 17.5 Å². The molecule has 0 spiro atoms. The molecule has 0 atom stereocenters. The van der Waals surface area contributed by atoms with Gasteiger partial charge < -0.3 is 5.32 Å². The fourth-order valence-electron chi connectivity index (χ4n) is 2.15. The van der Waals surface area contributed by atoms with Crippen LogP contribution in [-0.2, 0) is 0 Å². The molecule has 0 bridgehead atoms. The summed E-state index contributed by atoms with van der Waals surface area (Å²) in [6, 6.07) is 1.99. The summed E-state index contributed by atoms with van der Waals surface area (Å²) in [5.74, 6) is 1.64. The van der Waals surface area contributed by atoms with Gasteiger partial charge in [-0.25, -0.2) is 9.97 Å². The third-order valence-electron chi connectivity index (χ3n) is 3.21. The molecule has 1 N–H and O–H groups in total. The monoisotopic (exact) mass is 329 g/mol. The van der Waals surface area contributed by atoms with E-state index >= 15 is 0 Å². The van der Waals surface area contributed by atoms with E-state index < -0.39 is 0 Å². The second-order valence-electron chi connectivity index (χ2n) is 4.86. The molecule has 0 saturated heterocycles. The van der Waals surface area contributed by atoms with E-state index in [4.69, 9.17) is 0 Å². The second-order valence-corrected chi connectivity index (χ2v) is 5.82. The number of allylic oxidation sites excluding steroid dienone is 2. The molecular weight excluding hydrogens is 302 g/mol. The van der Waals surface area contributed by atoms with Gasteiger partial charge in [-0.2, -0.15) is 0 Å². The van der Waals surface area contributed by atoms with Gasteiger partial charge in [0.1, 0.15) is 11.6 Å². The van der Waals surface area contributed by atoms with E-state index in [-0.39, 0.29) is 0 Å². The average Bonchev–Trinajstić information content (AvgIpc) is 2.85. The number of aromatic nitrogens is 2. The van der Waals surface area contributed by atoms with Crippen LogP contribution < -0.4 is 15.1 Å². The number of aryl methyl sites for hydroxylation is 2. The summed E-state index contributed by atoms with van der Waals surface area (Å²) in [7, 11) is 0. The molecule has 124 valence electrons. The largest absolute Gasteiger partial charge is 0.370 e. The fraction of sp³-hybridized carbons (Fsp3) is 0.368. The van der Waals surface area contributed by atoms with Crippen LogP contribution in [0.3, 0.4) is 0 Å². The molecule has 0 aromatic carbocycles. The molecule has 2 aromatic rings. The van der Waals surface area contributed by atoms with E-state index in [1.165, 1.54) is 10.8 Å². The number of hydrogen-bond donors (Lipinski definition) is 1. The first-order chi connectivity index (χ1) is 11.0. The molecule has 0 fully saturated rings. The lowest BCUT2D eigenvalue weighted by atomic mass is 10.1. The highest BCUT2D eigenvalue weighted by Gasteiger charge is 2.05. The summed E-state index contributed by atoms with van der Waals surface area (Å²) in [6.07, 6.45) is 4.24. The van der Waals surface area contributed by atoms with Crippen LogP contribution in [0.1, 0.15) is 44.8 Å². The summed E-state index contributed by atoms with van der Waals surface area (Å²) in [6.45, 7) is 17.1. The van der Waals surface area contributed by atoms with Gasteiger partial charge in [0.25, 0.3) is 0 Å². The molecule has 2 aromatic heterocycles. The van der Waals surface area contributed by atoms with Gasteiger partial charge in [-0.05, 0) is 55.5 Å². The molecule has 0 aliphatic carbocycles. The maximum absolute atomic E-state index is 4.56. The van der Waals surface area contributed by atoms with Crippen LogP contribution >= 0.6 is 11.3 Å². The van der Waals surface area contributed by atoms with E-state index in [0.717, 1.165) is 34.0 Å². The molecule has 0 amide bonds. The molecule has 0 aliphatic rings. The number of nitrogens with zero attached hydrogens (tertiary/aromatic N) is 2. The smallest absolute Gasteiger partial charge is 0.130 e. The Kier molecular flexibility index (Phi) is 7.69. The van der Waals surface area contributed by atoms with Crippen molar-refractivity contribution in [3.8, 4) is 0 Å². The Morgan fingerprint density at radius 3 is 2.52 bits per heavy atom. The summed E-state index contributed by atoms with van der Waals surface area (Å²) < 4.78 is 1.09. The minimum absolute atomic E-state index is 0.771. The van der Waals surface area contributed by atoms with E-state index in [1.807, 2.05) is 33.8 Å². The quantitative estimate of drug-likeness (QED) is 0.924. The maximum atomic E-state index is 4.56. The van der Waals surface area contributed by atoms with Crippen molar-refractivity contribution in [1.82, 2.24) is 9.97 Å². The Balaban J connectivity index is 0.00000127. The molecule has 0 aliphatic heterocycles. The first-order valence-corrected chi connectivity index (χ1v) is 8.94. The number of thiophene rings is 1. The minimum Gasteiger partial charge on any atom is -0.370 e. The van der Waals surface area contributed by atoms with Gasteiger partial charge in [-0.1, -0.05) is 26.5 Å². The zero-order valence-electron chi connectivity index (χ0n) is 15.0. The van der Waals surface area contributed by atoms with Gasteiger partial charge in [-0.3, -0.25) is 0 Å². The highest BCUT2D eigenvalue weighted by molar-refractivity contribution is 7.07. The van der Waals surface area contributed by atoms with E-state index in [0.29, 0.717) is 0 Å². The van der Waals surface area contributed by atoms with Crippen LogP contribution in [0.4, 0.5) is 5.82 Å². The summed E-state index contributed by atoms with van der Waals surface area (Å²) in [4.78, 5) is 8.96. The van der Waals surface area contributed by atoms with Crippen LogP contribution in [0.25, 0.3) is 18.2 Å². The van der Waals surface area contributed by atoms with Crippen LogP contribution in [0, 0.1) is 13.8 Å². The van der Waals surface area contributed by atoms with E-state index in [2.05, 4.69) is 53.2 Å². The van der Waals surface area contributed by atoms with E-state index in [1.54, 1.807) is 11.3 Å².